The van der Waals surface area contributed by atoms with Crippen molar-refractivity contribution in [2.24, 2.45) is 0 Å². The van der Waals surface area contributed by atoms with Gasteiger partial charge in [0.15, 0.2) is 0 Å². The van der Waals surface area contributed by atoms with Crippen LogP contribution in [0.15, 0.2) is 6.07 Å². The molecule has 0 N–H and O–H groups in total. The fourth-order valence-corrected chi connectivity index (χ4v) is 4.30. The molecule has 1 aromatic rings. The lowest BCUT2D eigenvalue weighted by Gasteiger charge is -2.25. The van der Waals surface area contributed by atoms with E-state index >= 15 is 0 Å². The Morgan fingerprint density at radius 2 is 1.20 bits per heavy atom. The number of hydrogen-bond donors (Lipinski definition) is 0. The highest BCUT2D eigenvalue weighted by Gasteiger charge is 2.20. The summed E-state index contributed by atoms with van der Waals surface area (Å²) in [4.78, 5) is 0. The molecule has 0 unspecified atom stereocenters. The van der Waals surface area contributed by atoms with Gasteiger partial charge < -0.3 is 0 Å². The number of hydrogen-bond acceptors (Lipinski definition) is 0. The number of benzene rings is 1. The summed E-state index contributed by atoms with van der Waals surface area (Å²) in [5.41, 5.74) is 6.74. The molecular formula is C14H17I. The van der Waals surface area contributed by atoms with E-state index < -0.39 is 0 Å². The fraction of sp³-hybridized carbons (Fsp3) is 0.571. The normalized spacial score (nSPS) is 19.5. The zero-order chi connectivity index (χ0) is 10.3. The van der Waals surface area contributed by atoms with E-state index in [2.05, 4.69) is 28.7 Å². The molecule has 0 aliphatic heterocycles. The highest BCUT2D eigenvalue weighted by molar-refractivity contribution is 14.1. The first kappa shape index (κ1) is 10.1. The third-order valence-corrected chi connectivity index (χ3v) is 5.20. The molecule has 1 aromatic carbocycles. The van der Waals surface area contributed by atoms with Crippen LogP contribution in [0, 0.1) is 3.57 Å². The molecule has 0 radical (unpaired) electrons. The van der Waals surface area contributed by atoms with Gasteiger partial charge in [0.25, 0.3) is 0 Å². The van der Waals surface area contributed by atoms with E-state index in [1.54, 1.807) is 25.8 Å². The third-order valence-electron chi connectivity index (χ3n) is 3.90. The number of aryl methyl sites for hydroxylation is 2. The van der Waals surface area contributed by atoms with Crippen LogP contribution in [0.5, 0.6) is 0 Å². The van der Waals surface area contributed by atoms with Gasteiger partial charge in [-0.2, -0.15) is 0 Å². The molecule has 0 spiro atoms. The molecule has 0 bridgehead atoms. The lowest BCUT2D eigenvalue weighted by molar-refractivity contribution is 0.653. The van der Waals surface area contributed by atoms with Crippen molar-refractivity contribution in [3.05, 3.63) is 31.9 Å². The van der Waals surface area contributed by atoms with Crippen LogP contribution in [0.25, 0.3) is 0 Å². The molecule has 3 rings (SSSR count). The predicted octanol–water partition coefficient (Wildman–Crippen LogP) is 4.05. The van der Waals surface area contributed by atoms with Crippen molar-refractivity contribution in [2.45, 2.75) is 51.4 Å². The van der Waals surface area contributed by atoms with Crippen molar-refractivity contribution in [2.75, 3.05) is 0 Å². The summed E-state index contributed by atoms with van der Waals surface area (Å²) < 4.78 is 1.62. The summed E-state index contributed by atoms with van der Waals surface area (Å²) in [5.74, 6) is 0. The predicted molar refractivity (Wildman–Crippen MR) is 72.4 cm³/mol. The van der Waals surface area contributed by atoms with Gasteiger partial charge in [-0.25, -0.2) is 0 Å². The SMILES string of the molecule is Ic1c2c(cc3c1CCCC3)CCCC2. The summed E-state index contributed by atoms with van der Waals surface area (Å²) >= 11 is 2.61. The number of halogens is 1. The van der Waals surface area contributed by atoms with Crippen molar-refractivity contribution < 1.29 is 0 Å². The lowest BCUT2D eigenvalue weighted by Crippen LogP contribution is -2.12. The zero-order valence-electron chi connectivity index (χ0n) is 9.11. The Morgan fingerprint density at radius 1 is 0.733 bits per heavy atom. The standard InChI is InChI=1S/C14H17I/c15-14-12-7-3-1-5-10(12)9-11-6-2-4-8-13(11)14/h9H,1-8H2. The molecule has 2 aliphatic rings. The monoisotopic (exact) mass is 312 g/mol. The van der Waals surface area contributed by atoms with E-state index in [-0.39, 0.29) is 0 Å². The van der Waals surface area contributed by atoms with E-state index in [0.29, 0.717) is 0 Å². The maximum Gasteiger partial charge on any atom is 0.0199 e. The van der Waals surface area contributed by atoms with Crippen molar-refractivity contribution in [3.8, 4) is 0 Å². The van der Waals surface area contributed by atoms with Crippen molar-refractivity contribution in [1.82, 2.24) is 0 Å². The summed E-state index contributed by atoms with van der Waals surface area (Å²) in [5, 5.41) is 0. The third kappa shape index (κ3) is 1.73. The van der Waals surface area contributed by atoms with Crippen LogP contribution in [0.1, 0.15) is 47.9 Å². The molecule has 15 heavy (non-hydrogen) atoms. The minimum Gasteiger partial charge on any atom is -0.0552 e. The second-order valence-electron chi connectivity index (χ2n) is 4.88. The van der Waals surface area contributed by atoms with Crippen molar-refractivity contribution in [1.29, 1.82) is 0 Å². The van der Waals surface area contributed by atoms with Gasteiger partial charge in [-0.05, 0) is 96.2 Å². The molecule has 0 heterocycles. The molecular weight excluding hydrogens is 295 g/mol. The van der Waals surface area contributed by atoms with E-state index in [1.807, 2.05) is 0 Å². The van der Waals surface area contributed by atoms with Crippen LogP contribution in [0.2, 0.25) is 0 Å². The second-order valence-corrected chi connectivity index (χ2v) is 5.96. The molecule has 0 nitrogen and oxygen atoms in total. The minimum absolute atomic E-state index is 1.33. The van der Waals surface area contributed by atoms with E-state index in [0.717, 1.165) is 0 Å². The molecule has 0 aromatic heterocycles. The number of fused-ring (bicyclic) bond motifs is 2. The number of rotatable bonds is 0. The van der Waals surface area contributed by atoms with Gasteiger partial charge >= 0.3 is 0 Å². The molecule has 2 aliphatic carbocycles. The maximum absolute atomic E-state index is 2.61. The zero-order valence-corrected chi connectivity index (χ0v) is 11.3. The lowest BCUT2D eigenvalue weighted by atomic mass is 9.83. The van der Waals surface area contributed by atoms with Gasteiger partial charge in [0.2, 0.25) is 0 Å². The van der Waals surface area contributed by atoms with Crippen LogP contribution >= 0.6 is 22.6 Å². The Balaban J connectivity index is 2.16. The molecule has 0 saturated carbocycles. The average molecular weight is 312 g/mol. The quantitative estimate of drug-likeness (QED) is 0.634. The topological polar surface area (TPSA) is 0 Å². The Bertz CT molecular complexity index is 359. The Hall–Kier alpha value is -0.0500. The van der Waals surface area contributed by atoms with E-state index in [9.17, 15) is 0 Å². The molecule has 1 heteroatoms. The van der Waals surface area contributed by atoms with Gasteiger partial charge in [0, 0.05) is 3.57 Å². The van der Waals surface area contributed by atoms with Crippen molar-refractivity contribution >= 4 is 22.6 Å². The van der Waals surface area contributed by atoms with Crippen molar-refractivity contribution in [3.63, 3.8) is 0 Å². The first-order chi connectivity index (χ1) is 7.36. The second kappa shape index (κ2) is 4.08. The van der Waals surface area contributed by atoms with Gasteiger partial charge in [0.05, 0.1) is 0 Å². The highest BCUT2D eigenvalue weighted by atomic mass is 127. The minimum atomic E-state index is 1.33. The van der Waals surface area contributed by atoms with Crippen LogP contribution < -0.4 is 0 Å². The average Bonchev–Trinajstić information content (AvgIpc) is 2.30. The summed E-state index contributed by atoms with van der Waals surface area (Å²) in [6.07, 6.45) is 11.0. The highest BCUT2D eigenvalue weighted by Crippen LogP contribution is 2.34. The Labute approximate surface area is 106 Å². The summed E-state index contributed by atoms with van der Waals surface area (Å²) in [7, 11) is 0. The smallest absolute Gasteiger partial charge is 0.0199 e. The molecule has 80 valence electrons. The van der Waals surface area contributed by atoms with Crippen LogP contribution in [0.4, 0.5) is 0 Å². The van der Waals surface area contributed by atoms with E-state index in [1.165, 1.54) is 51.4 Å². The summed E-state index contributed by atoms with van der Waals surface area (Å²) in [6.45, 7) is 0. The molecule has 0 fully saturated rings. The molecule has 0 amide bonds. The van der Waals surface area contributed by atoms with Gasteiger partial charge in [-0.1, -0.05) is 6.07 Å². The van der Waals surface area contributed by atoms with Gasteiger partial charge in [-0.3, -0.25) is 0 Å². The molecule has 0 saturated heterocycles. The van der Waals surface area contributed by atoms with Crippen LogP contribution in [0.3, 0.4) is 0 Å². The summed E-state index contributed by atoms with van der Waals surface area (Å²) in [6, 6.07) is 2.53. The fourth-order valence-electron chi connectivity index (χ4n) is 3.07. The Morgan fingerprint density at radius 3 is 1.73 bits per heavy atom. The molecule has 0 atom stereocenters. The van der Waals surface area contributed by atoms with Gasteiger partial charge in [0.1, 0.15) is 0 Å². The van der Waals surface area contributed by atoms with Crippen LogP contribution in [-0.2, 0) is 25.7 Å². The van der Waals surface area contributed by atoms with Gasteiger partial charge in [-0.15, -0.1) is 0 Å². The maximum atomic E-state index is 2.61. The van der Waals surface area contributed by atoms with E-state index in [4.69, 9.17) is 0 Å². The Kier molecular flexibility index (Phi) is 2.75. The first-order valence-electron chi connectivity index (χ1n) is 6.18. The largest absolute Gasteiger partial charge is 0.0552 e. The first-order valence-corrected chi connectivity index (χ1v) is 7.26. The van der Waals surface area contributed by atoms with Crippen LogP contribution in [-0.4, -0.2) is 0 Å².